The Labute approximate surface area is 95.9 Å². The number of carboxylic acids is 1. The minimum atomic E-state index is -3.41. The Morgan fingerprint density at radius 3 is 2.56 bits per heavy atom. The molecule has 0 bridgehead atoms. The Morgan fingerprint density at radius 1 is 1.44 bits per heavy atom. The molecule has 1 aliphatic rings. The molecule has 94 valence electrons. The summed E-state index contributed by atoms with van der Waals surface area (Å²) in [4.78, 5) is 12.4. The first kappa shape index (κ1) is 13.4. The summed E-state index contributed by atoms with van der Waals surface area (Å²) in [6, 6.07) is 0.174. The quantitative estimate of drug-likeness (QED) is 0.722. The van der Waals surface area contributed by atoms with Gasteiger partial charge in [-0.25, -0.2) is 8.42 Å². The molecule has 1 unspecified atom stereocenters. The molecule has 1 fully saturated rings. The molecule has 16 heavy (non-hydrogen) atoms. The van der Waals surface area contributed by atoms with Gasteiger partial charge in [-0.15, -0.1) is 0 Å². The number of sulfonamides is 1. The lowest BCUT2D eigenvalue weighted by atomic mass is 10.2. The molecule has 1 atom stereocenters. The third-order valence-electron chi connectivity index (χ3n) is 2.89. The summed E-state index contributed by atoms with van der Waals surface area (Å²) >= 11 is 0. The van der Waals surface area contributed by atoms with Gasteiger partial charge in [0.05, 0.1) is 12.2 Å². The molecule has 0 aromatic heterocycles. The van der Waals surface area contributed by atoms with E-state index in [2.05, 4.69) is 4.90 Å². The maximum absolute atomic E-state index is 11.8. The first-order chi connectivity index (χ1) is 7.33. The maximum atomic E-state index is 11.8. The highest BCUT2D eigenvalue weighted by atomic mass is 32.2. The Morgan fingerprint density at radius 2 is 2.06 bits per heavy atom. The molecule has 7 heteroatoms. The summed E-state index contributed by atoms with van der Waals surface area (Å²) < 4.78 is 25.0. The van der Waals surface area contributed by atoms with Crippen molar-refractivity contribution in [3.05, 3.63) is 0 Å². The topological polar surface area (TPSA) is 77.9 Å². The van der Waals surface area contributed by atoms with E-state index in [4.69, 9.17) is 5.11 Å². The molecule has 1 N–H and O–H groups in total. The Hall–Kier alpha value is -0.660. The van der Waals surface area contributed by atoms with Gasteiger partial charge in [-0.2, -0.15) is 4.31 Å². The van der Waals surface area contributed by atoms with Crippen molar-refractivity contribution in [2.24, 2.45) is 0 Å². The summed E-state index contributed by atoms with van der Waals surface area (Å²) in [6.07, 6.45) is -0.330. The molecular weight excluding hydrogens is 232 g/mol. The minimum Gasteiger partial charge on any atom is -0.481 e. The standard InChI is InChI=1S/C9H18N2O4S/c1-8-7-11(5-4-10(8)2)16(14,15)6-3-9(12)13/h8H,3-7H2,1-2H3,(H,12,13). The van der Waals surface area contributed by atoms with Gasteiger partial charge in [0.2, 0.25) is 10.0 Å². The molecule has 0 aromatic rings. The highest BCUT2D eigenvalue weighted by molar-refractivity contribution is 7.89. The molecule has 1 heterocycles. The van der Waals surface area contributed by atoms with Crippen LogP contribution in [0.5, 0.6) is 0 Å². The van der Waals surface area contributed by atoms with Crippen LogP contribution < -0.4 is 0 Å². The molecule has 0 aliphatic carbocycles. The van der Waals surface area contributed by atoms with Gasteiger partial charge in [-0.3, -0.25) is 4.79 Å². The number of rotatable bonds is 4. The second-order valence-corrected chi connectivity index (χ2v) is 6.24. The van der Waals surface area contributed by atoms with Crippen molar-refractivity contribution in [3.63, 3.8) is 0 Å². The Bertz CT molecular complexity index is 355. The lowest BCUT2D eigenvalue weighted by molar-refractivity contribution is -0.136. The van der Waals surface area contributed by atoms with Crippen LogP contribution >= 0.6 is 0 Å². The summed E-state index contributed by atoms with van der Waals surface area (Å²) in [6.45, 7) is 3.54. The number of likely N-dealkylation sites (N-methyl/N-ethyl adjacent to an activating group) is 1. The van der Waals surface area contributed by atoms with Gasteiger partial charge in [0, 0.05) is 25.7 Å². The van der Waals surface area contributed by atoms with Crippen LogP contribution in [0.3, 0.4) is 0 Å². The van der Waals surface area contributed by atoms with Gasteiger partial charge in [0.25, 0.3) is 0 Å². The van der Waals surface area contributed by atoms with Crippen molar-refractivity contribution in [3.8, 4) is 0 Å². The molecule has 0 aromatic carbocycles. The van der Waals surface area contributed by atoms with Crippen LogP contribution in [-0.4, -0.2) is 67.2 Å². The summed E-state index contributed by atoms with van der Waals surface area (Å²) in [5.41, 5.74) is 0. The molecule has 1 rings (SSSR count). The van der Waals surface area contributed by atoms with Crippen molar-refractivity contribution < 1.29 is 18.3 Å². The zero-order valence-electron chi connectivity index (χ0n) is 9.59. The number of piperazine rings is 1. The highest BCUT2D eigenvalue weighted by Crippen LogP contribution is 2.12. The first-order valence-corrected chi connectivity index (χ1v) is 6.83. The number of hydrogen-bond donors (Lipinski definition) is 1. The zero-order valence-corrected chi connectivity index (χ0v) is 10.4. The van der Waals surface area contributed by atoms with E-state index in [1.807, 2.05) is 14.0 Å². The van der Waals surface area contributed by atoms with Crippen LogP contribution in [0.1, 0.15) is 13.3 Å². The van der Waals surface area contributed by atoms with E-state index < -0.39 is 16.0 Å². The number of aliphatic carboxylic acids is 1. The van der Waals surface area contributed by atoms with Gasteiger partial charge < -0.3 is 10.0 Å². The number of hydrogen-bond acceptors (Lipinski definition) is 4. The predicted octanol–water partition coefficient (Wildman–Crippen LogP) is -0.573. The lowest BCUT2D eigenvalue weighted by Gasteiger charge is -2.36. The minimum absolute atomic E-state index is 0.174. The molecule has 1 aliphatic heterocycles. The van der Waals surface area contributed by atoms with Gasteiger partial charge in [0.1, 0.15) is 0 Å². The Kier molecular flexibility index (Phi) is 4.28. The average molecular weight is 250 g/mol. The van der Waals surface area contributed by atoms with Crippen LogP contribution in [-0.2, 0) is 14.8 Å². The molecule has 0 spiro atoms. The van der Waals surface area contributed by atoms with Crippen LogP contribution in [0.2, 0.25) is 0 Å². The van der Waals surface area contributed by atoms with E-state index in [1.54, 1.807) is 0 Å². The van der Waals surface area contributed by atoms with Crippen molar-refractivity contribution in [1.82, 2.24) is 9.21 Å². The van der Waals surface area contributed by atoms with Gasteiger partial charge in [-0.05, 0) is 14.0 Å². The SMILES string of the molecule is CC1CN(S(=O)(=O)CCC(=O)O)CCN1C. The lowest BCUT2D eigenvalue weighted by Crippen LogP contribution is -2.52. The van der Waals surface area contributed by atoms with E-state index in [0.29, 0.717) is 19.6 Å². The van der Waals surface area contributed by atoms with Crippen LogP contribution in [0.25, 0.3) is 0 Å². The maximum Gasteiger partial charge on any atom is 0.304 e. The van der Waals surface area contributed by atoms with Gasteiger partial charge >= 0.3 is 5.97 Å². The fourth-order valence-corrected chi connectivity index (χ4v) is 3.11. The van der Waals surface area contributed by atoms with E-state index in [-0.39, 0.29) is 18.2 Å². The molecule has 6 nitrogen and oxygen atoms in total. The fraction of sp³-hybridized carbons (Fsp3) is 0.889. The summed E-state index contributed by atoms with van der Waals surface area (Å²) in [5, 5.41) is 8.48. The third kappa shape index (κ3) is 3.43. The van der Waals surface area contributed by atoms with E-state index in [1.165, 1.54) is 4.31 Å². The smallest absolute Gasteiger partial charge is 0.304 e. The van der Waals surface area contributed by atoms with Crippen LogP contribution in [0.4, 0.5) is 0 Å². The second kappa shape index (κ2) is 5.11. The summed E-state index contributed by atoms with van der Waals surface area (Å²) in [5.74, 6) is -1.38. The van der Waals surface area contributed by atoms with Crippen molar-refractivity contribution in [2.75, 3.05) is 32.4 Å². The van der Waals surface area contributed by atoms with Gasteiger partial charge in [0.15, 0.2) is 0 Å². The van der Waals surface area contributed by atoms with Crippen molar-refractivity contribution in [2.45, 2.75) is 19.4 Å². The fourth-order valence-electron chi connectivity index (χ4n) is 1.61. The second-order valence-electron chi connectivity index (χ2n) is 4.15. The van der Waals surface area contributed by atoms with Gasteiger partial charge in [-0.1, -0.05) is 0 Å². The van der Waals surface area contributed by atoms with Crippen molar-refractivity contribution in [1.29, 1.82) is 0 Å². The van der Waals surface area contributed by atoms with Crippen molar-refractivity contribution >= 4 is 16.0 Å². The van der Waals surface area contributed by atoms with Crippen LogP contribution in [0.15, 0.2) is 0 Å². The average Bonchev–Trinajstić information content (AvgIpc) is 2.19. The van der Waals surface area contributed by atoms with Crippen LogP contribution in [0, 0.1) is 0 Å². The highest BCUT2D eigenvalue weighted by Gasteiger charge is 2.29. The number of nitrogens with zero attached hydrogens (tertiary/aromatic N) is 2. The molecule has 0 amide bonds. The molecule has 0 saturated carbocycles. The summed E-state index contributed by atoms with van der Waals surface area (Å²) in [7, 11) is -1.46. The molecule has 0 radical (unpaired) electrons. The Balaban J connectivity index is 2.59. The largest absolute Gasteiger partial charge is 0.481 e. The third-order valence-corrected chi connectivity index (χ3v) is 4.73. The molecule has 1 saturated heterocycles. The van der Waals surface area contributed by atoms with E-state index in [0.717, 1.165) is 0 Å². The normalized spacial score (nSPS) is 24.5. The predicted molar refractivity (Wildman–Crippen MR) is 59.7 cm³/mol. The zero-order chi connectivity index (χ0) is 12.3. The molecular formula is C9H18N2O4S. The monoisotopic (exact) mass is 250 g/mol. The first-order valence-electron chi connectivity index (χ1n) is 5.23. The van der Waals surface area contributed by atoms with E-state index >= 15 is 0 Å². The number of carbonyl (C=O) groups is 1. The van der Waals surface area contributed by atoms with E-state index in [9.17, 15) is 13.2 Å². The number of carboxylic acid groups (broad SMARTS) is 1.